The number of nitrogens with one attached hydrogen (secondary N) is 2. The predicted molar refractivity (Wildman–Crippen MR) is 99.0 cm³/mol. The summed E-state index contributed by atoms with van der Waals surface area (Å²) in [7, 11) is 0. The van der Waals surface area contributed by atoms with Gasteiger partial charge in [0.25, 0.3) is 5.56 Å². The van der Waals surface area contributed by atoms with Crippen molar-refractivity contribution in [2.24, 2.45) is 0 Å². The summed E-state index contributed by atoms with van der Waals surface area (Å²) in [5.41, 5.74) is 1.56. The zero-order valence-corrected chi connectivity index (χ0v) is 14.8. The molecule has 1 saturated carbocycles. The first kappa shape index (κ1) is 16.4. The van der Waals surface area contributed by atoms with Crippen LogP contribution in [0.3, 0.4) is 0 Å². The number of hydrogen-bond acceptors (Lipinski definition) is 4. The number of carbonyl (C=O) groups is 1. The number of rotatable bonds is 2. The first-order chi connectivity index (χ1) is 12.2. The number of H-pyrrole nitrogens is 1. The van der Waals surface area contributed by atoms with E-state index in [1.54, 1.807) is 12.4 Å². The Morgan fingerprint density at radius 2 is 1.80 bits per heavy atom. The van der Waals surface area contributed by atoms with Gasteiger partial charge in [0.1, 0.15) is 5.82 Å². The van der Waals surface area contributed by atoms with Crippen LogP contribution in [0.25, 0.3) is 0 Å². The van der Waals surface area contributed by atoms with Gasteiger partial charge in [0.05, 0.1) is 22.6 Å². The van der Waals surface area contributed by atoms with E-state index in [1.807, 2.05) is 16.8 Å². The molecule has 2 aromatic heterocycles. The first-order valence-electron chi connectivity index (χ1n) is 8.90. The number of aromatic amines is 1. The predicted octanol–water partition coefficient (Wildman–Crippen LogP) is 3.24. The fourth-order valence-electron chi connectivity index (χ4n) is 3.84. The Hall–Kier alpha value is -2.02. The molecule has 1 atom stereocenters. The second kappa shape index (κ2) is 7.07. The smallest absolute Gasteiger partial charge is 0.270 e. The van der Waals surface area contributed by atoms with Crippen molar-refractivity contribution in [2.45, 2.75) is 49.8 Å². The first-order valence-corrected chi connectivity index (χ1v) is 9.94. The van der Waals surface area contributed by atoms with Gasteiger partial charge in [0, 0.05) is 12.4 Å². The van der Waals surface area contributed by atoms with Gasteiger partial charge < -0.3 is 5.32 Å². The lowest BCUT2D eigenvalue weighted by molar-refractivity contribution is -0.113. The normalized spacial score (nSPS) is 21.9. The summed E-state index contributed by atoms with van der Waals surface area (Å²) in [5.74, 6) is 0.948. The molecule has 25 heavy (non-hydrogen) atoms. The van der Waals surface area contributed by atoms with Gasteiger partial charge in [-0.25, -0.2) is 0 Å². The Labute approximate surface area is 150 Å². The molecule has 2 N–H and O–H groups in total. The molecule has 0 bridgehead atoms. The van der Waals surface area contributed by atoms with Crippen LogP contribution in [0.2, 0.25) is 0 Å². The van der Waals surface area contributed by atoms with Crippen molar-refractivity contribution in [1.29, 1.82) is 0 Å². The molecule has 0 spiro atoms. The van der Waals surface area contributed by atoms with E-state index in [0.29, 0.717) is 17.1 Å². The second-order valence-electron chi connectivity index (χ2n) is 6.74. The van der Waals surface area contributed by atoms with E-state index in [2.05, 4.69) is 15.4 Å². The van der Waals surface area contributed by atoms with E-state index in [4.69, 9.17) is 0 Å². The van der Waals surface area contributed by atoms with Gasteiger partial charge in [-0.2, -0.15) is 0 Å². The van der Waals surface area contributed by atoms with Gasteiger partial charge in [0.2, 0.25) is 5.91 Å². The SMILES string of the molecule is O=C1CS[C@H](c2ccncc2)c2c(n(C3CCCCCC3)[nH]c2=O)N1. The maximum Gasteiger partial charge on any atom is 0.270 e. The zero-order valence-electron chi connectivity index (χ0n) is 14.0. The van der Waals surface area contributed by atoms with Crippen LogP contribution >= 0.6 is 11.8 Å². The number of thioether (sulfide) groups is 1. The Bertz CT molecular complexity index is 806. The van der Waals surface area contributed by atoms with E-state index in [0.717, 1.165) is 31.2 Å². The minimum Gasteiger partial charge on any atom is -0.310 e. The highest BCUT2D eigenvalue weighted by molar-refractivity contribution is 8.00. The zero-order chi connectivity index (χ0) is 17.2. The topological polar surface area (TPSA) is 79.8 Å². The number of fused-ring (bicyclic) bond motifs is 1. The molecule has 0 radical (unpaired) electrons. The van der Waals surface area contributed by atoms with Gasteiger partial charge in [-0.1, -0.05) is 25.7 Å². The molecule has 1 aliphatic carbocycles. The number of amides is 1. The molecule has 132 valence electrons. The Kier molecular flexibility index (Phi) is 4.65. The van der Waals surface area contributed by atoms with Gasteiger partial charge in [-0.3, -0.25) is 24.4 Å². The van der Waals surface area contributed by atoms with E-state index in [1.165, 1.54) is 24.6 Å². The van der Waals surface area contributed by atoms with Crippen molar-refractivity contribution in [3.63, 3.8) is 0 Å². The van der Waals surface area contributed by atoms with Crippen LogP contribution < -0.4 is 10.9 Å². The molecule has 6 nitrogen and oxygen atoms in total. The molecule has 0 saturated heterocycles. The largest absolute Gasteiger partial charge is 0.310 e. The Balaban J connectivity index is 1.80. The lowest BCUT2D eigenvalue weighted by atomic mass is 10.1. The molecular weight excluding hydrogens is 336 g/mol. The van der Waals surface area contributed by atoms with Crippen LogP contribution in [-0.4, -0.2) is 26.4 Å². The van der Waals surface area contributed by atoms with Gasteiger partial charge in [0.15, 0.2) is 0 Å². The number of carbonyl (C=O) groups excluding carboxylic acids is 1. The summed E-state index contributed by atoms with van der Waals surface area (Å²) in [4.78, 5) is 29.1. The number of nitrogens with zero attached hydrogens (tertiary/aromatic N) is 2. The van der Waals surface area contributed by atoms with Crippen molar-refractivity contribution >= 4 is 23.5 Å². The monoisotopic (exact) mass is 358 g/mol. The summed E-state index contributed by atoms with van der Waals surface area (Å²) in [5, 5.41) is 5.84. The van der Waals surface area contributed by atoms with E-state index in [9.17, 15) is 9.59 Å². The van der Waals surface area contributed by atoms with E-state index >= 15 is 0 Å². The van der Waals surface area contributed by atoms with E-state index < -0.39 is 0 Å². The third-order valence-corrected chi connectivity index (χ3v) is 6.33. The maximum absolute atomic E-state index is 12.8. The Morgan fingerprint density at radius 3 is 2.52 bits per heavy atom. The number of pyridine rings is 1. The summed E-state index contributed by atoms with van der Waals surface area (Å²) in [6, 6.07) is 4.08. The van der Waals surface area contributed by atoms with Crippen molar-refractivity contribution in [3.05, 3.63) is 46.0 Å². The second-order valence-corrected chi connectivity index (χ2v) is 7.83. The Morgan fingerprint density at radius 1 is 1.08 bits per heavy atom. The molecule has 1 aliphatic heterocycles. The van der Waals surface area contributed by atoms with Crippen molar-refractivity contribution < 1.29 is 4.79 Å². The average molecular weight is 358 g/mol. The number of hydrogen-bond donors (Lipinski definition) is 2. The van der Waals surface area contributed by atoms with Crippen LogP contribution in [0.5, 0.6) is 0 Å². The quantitative estimate of drug-likeness (QED) is 0.808. The standard InChI is InChI=1S/C18H22N4O2S/c23-14-11-25-16(12-7-9-19-10-8-12)15-17(20-14)22(21-18(15)24)13-5-3-1-2-4-6-13/h7-10,13,16H,1-6,11H2,(H,20,23)(H,21,24)/t16-/m1/s1. The van der Waals surface area contributed by atoms with Crippen molar-refractivity contribution in [3.8, 4) is 0 Å². The van der Waals surface area contributed by atoms with Gasteiger partial charge in [-0.15, -0.1) is 11.8 Å². The summed E-state index contributed by atoms with van der Waals surface area (Å²) < 4.78 is 1.93. The molecular formula is C18H22N4O2S. The van der Waals surface area contributed by atoms with Crippen LogP contribution in [0.4, 0.5) is 5.82 Å². The maximum atomic E-state index is 12.8. The molecule has 3 heterocycles. The fraction of sp³-hybridized carbons (Fsp3) is 0.500. The van der Waals surface area contributed by atoms with Crippen LogP contribution in [-0.2, 0) is 4.79 Å². The average Bonchev–Trinajstić information content (AvgIpc) is 2.84. The summed E-state index contributed by atoms with van der Waals surface area (Å²) in [6.45, 7) is 0. The molecule has 4 rings (SSSR count). The molecule has 0 aromatic carbocycles. The van der Waals surface area contributed by atoms with Crippen LogP contribution in [0, 0.1) is 0 Å². The fourth-order valence-corrected chi connectivity index (χ4v) is 4.96. The van der Waals surface area contributed by atoms with Crippen molar-refractivity contribution in [1.82, 2.24) is 14.8 Å². The van der Waals surface area contributed by atoms with Gasteiger partial charge in [-0.05, 0) is 30.5 Å². The summed E-state index contributed by atoms with van der Waals surface area (Å²) in [6.07, 6.45) is 10.3. The number of anilines is 1. The molecule has 7 heteroatoms. The molecule has 2 aliphatic rings. The van der Waals surface area contributed by atoms with Crippen LogP contribution in [0.15, 0.2) is 29.3 Å². The van der Waals surface area contributed by atoms with Crippen LogP contribution in [0.1, 0.15) is 60.9 Å². The minimum absolute atomic E-state index is 0.0517. The highest BCUT2D eigenvalue weighted by Crippen LogP contribution is 2.41. The van der Waals surface area contributed by atoms with E-state index in [-0.39, 0.29) is 22.8 Å². The molecule has 2 aromatic rings. The van der Waals surface area contributed by atoms with Gasteiger partial charge >= 0.3 is 0 Å². The highest BCUT2D eigenvalue weighted by atomic mass is 32.2. The molecule has 0 unspecified atom stereocenters. The third kappa shape index (κ3) is 3.25. The lowest BCUT2D eigenvalue weighted by Gasteiger charge is -2.19. The lowest BCUT2D eigenvalue weighted by Crippen LogP contribution is -2.19. The number of aromatic nitrogens is 3. The minimum atomic E-state index is -0.160. The molecule has 1 fully saturated rings. The molecule has 1 amide bonds. The summed E-state index contributed by atoms with van der Waals surface area (Å²) >= 11 is 1.49. The van der Waals surface area contributed by atoms with Crippen molar-refractivity contribution in [2.75, 3.05) is 11.1 Å². The highest BCUT2D eigenvalue weighted by Gasteiger charge is 2.32. The third-order valence-electron chi connectivity index (χ3n) is 5.06.